The topological polar surface area (TPSA) is 184 Å². The highest BCUT2D eigenvalue weighted by atomic mass is 32.2. The summed E-state index contributed by atoms with van der Waals surface area (Å²) in [6.45, 7) is 10.1. The van der Waals surface area contributed by atoms with E-state index >= 15 is 0 Å². The number of rotatable bonds is 13. The number of ether oxygens (including phenoxy) is 2. The zero-order chi connectivity index (χ0) is 44.0. The molecule has 3 atom stereocenters. The van der Waals surface area contributed by atoms with Gasteiger partial charge in [0.2, 0.25) is 0 Å². The number of hydrogen-bond acceptors (Lipinski definition) is 15. The highest BCUT2D eigenvalue weighted by molar-refractivity contribution is 8.01. The van der Waals surface area contributed by atoms with Crippen molar-refractivity contribution in [1.29, 1.82) is 0 Å². The van der Waals surface area contributed by atoms with Crippen molar-refractivity contribution in [1.82, 2.24) is 49.3 Å². The molecule has 0 saturated heterocycles. The molecule has 0 bridgehead atoms. The van der Waals surface area contributed by atoms with Crippen LogP contribution < -0.4 is 5.73 Å². The number of thiol groups is 1. The fourth-order valence-corrected chi connectivity index (χ4v) is 8.02. The van der Waals surface area contributed by atoms with Gasteiger partial charge in [-0.1, -0.05) is 85.0 Å². The van der Waals surface area contributed by atoms with Crippen LogP contribution >= 0.6 is 36.2 Å². The minimum Gasteiger partial charge on any atom is -0.465 e. The van der Waals surface area contributed by atoms with Gasteiger partial charge in [0.25, 0.3) is 0 Å². The fraction of sp³-hybridized carbons (Fsp3) is 0.250. The number of aromatic nitrogens is 10. The number of fused-ring (bicyclic) bond motifs is 2. The third kappa shape index (κ3) is 11.0. The van der Waals surface area contributed by atoms with Crippen LogP contribution in [0.3, 0.4) is 0 Å². The number of para-hydroxylation sites is 3. The maximum absolute atomic E-state index is 12.0. The lowest BCUT2D eigenvalue weighted by Crippen LogP contribution is -2.19. The van der Waals surface area contributed by atoms with Gasteiger partial charge in [-0.25, -0.2) is 34.0 Å². The van der Waals surface area contributed by atoms with Crippen molar-refractivity contribution < 1.29 is 19.1 Å². The summed E-state index contributed by atoms with van der Waals surface area (Å²) in [5.41, 5.74) is 11.2. The minimum atomic E-state index is -0.340. The third-order valence-electron chi connectivity index (χ3n) is 9.03. The van der Waals surface area contributed by atoms with Crippen LogP contribution in [0.2, 0.25) is 0 Å². The number of thioether (sulfide) groups is 2. The van der Waals surface area contributed by atoms with Crippen LogP contribution in [0.15, 0.2) is 132 Å². The van der Waals surface area contributed by atoms with Gasteiger partial charge in [-0.2, -0.15) is 27.9 Å². The number of carbonyl (C=O) groups is 2. The normalized spacial score (nSPS) is 12.4. The first-order chi connectivity index (χ1) is 30.1. The molecule has 0 aliphatic carbocycles. The zero-order valence-corrected chi connectivity index (χ0v) is 37.4. The number of hydrogen-bond donors (Lipinski definition) is 2. The Morgan fingerprint density at radius 1 is 0.629 bits per heavy atom. The Balaban J connectivity index is 0.000000159. The number of carbonyl (C=O) groups excluding carboxylic acids is 2. The zero-order valence-electron chi connectivity index (χ0n) is 34.8. The molecule has 0 spiro atoms. The van der Waals surface area contributed by atoms with E-state index in [0.717, 1.165) is 49.1 Å². The average Bonchev–Trinajstić information content (AvgIpc) is 4.05. The SMILES string of the molecule is CC(S)c1cnn(-c2ccccc2)c1N.CCOC(=O)C(C)Sc1ncnc2c1cnn2-c1ccccc1.CCOC(=O)C(CC)Sc1ncnc2c1cnn2-c1ccccc1. The van der Waals surface area contributed by atoms with E-state index in [2.05, 4.69) is 47.9 Å². The van der Waals surface area contributed by atoms with Crippen LogP contribution in [0, 0.1) is 0 Å². The molecule has 3 aromatic carbocycles. The van der Waals surface area contributed by atoms with Gasteiger partial charge in [-0.3, -0.25) is 9.59 Å². The molecular formula is C44H47N11O4S3. The van der Waals surface area contributed by atoms with E-state index < -0.39 is 0 Å². The van der Waals surface area contributed by atoms with Gasteiger partial charge in [0.1, 0.15) is 39.0 Å². The van der Waals surface area contributed by atoms with Crippen LogP contribution in [0.5, 0.6) is 0 Å². The van der Waals surface area contributed by atoms with Crippen molar-refractivity contribution in [3.8, 4) is 17.1 Å². The second-order valence-corrected chi connectivity index (χ2v) is 16.6. The van der Waals surface area contributed by atoms with Crippen molar-refractivity contribution in [2.45, 2.75) is 66.8 Å². The standard InChI is InChI=1S/C17H18N4O2S.C16H16N4O2S.C11H13N3S/c1-3-14(17(22)23-4-2)24-16-13-10-20-21(15(13)18-11-19-16)12-8-6-5-7-9-12;1-3-22-16(21)11(2)23-15-13-9-19-20(14(13)17-10-18-15)12-7-5-4-6-8-12;1-8(15)10-7-13-14(11(10)12)9-5-3-2-4-6-9/h5-11,14H,3-4H2,1-2H3;4-11H,3H2,1-2H3;2-8,15H,12H2,1H3. The maximum atomic E-state index is 12.0. The molecule has 0 saturated carbocycles. The van der Waals surface area contributed by atoms with Crippen LogP contribution in [-0.2, 0) is 19.1 Å². The molecule has 15 nitrogen and oxygen atoms in total. The summed E-state index contributed by atoms with van der Waals surface area (Å²) < 4.78 is 15.4. The summed E-state index contributed by atoms with van der Waals surface area (Å²) in [4.78, 5) is 41.1. The number of benzene rings is 3. The molecule has 0 amide bonds. The van der Waals surface area contributed by atoms with Crippen molar-refractivity contribution in [2.24, 2.45) is 0 Å². The molecule has 0 aliphatic rings. The van der Waals surface area contributed by atoms with Gasteiger partial charge in [-0.05, 0) is 70.5 Å². The number of nitrogens with two attached hydrogens (primary N) is 1. The Kier molecular flexibility index (Phi) is 16.1. The van der Waals surface area contributed by atoms with Gasteiger partial charge in [0.05, 0.1) is 59.6 Å². The minimum absolute atomic E-state index is 0.0995. The summed E-state index contributed by atoms with van der Waals surface area (Å²) in [5.74, 6) is 0.190. The van der Waals surface area contributed by atoms with E-state index in [0.29, 0.717) is 31.1 Å². The van der Waals surface area contributed by atoms with Crippen molar-refractivity contribution in [2.75, 3.05) is 18.9 Å². The monoisotopic (exact) mass is 889 g/mol. The molecule has 0 fully saturated rings. The molecule has 0 radical (unpaired) electrons. The lowest BCUT2D eigenvalue weighted by atomic mass is 10.2. The van der Waals surface area contributed by atoms with Crippen LogP contribution in [-0.4, -0.2) is 84.9 Å². The molecule has 2 N–H and O–H groups in total. The van der Waals surface area contributed by atoms with E-state index in [1.54, 1.807) is 46.5 Å². The van der Waals surface area contributed by atoms with Crippen LogP contribution in [0.4, 0.5) is 5.82 Å². The molecule has 8 rings (SSSR count). The van der Waals surface area contributed by atoms with E-state index in [9.17, 15) is 9.59 Å². The fourth-order valence-electron chi connectivity index (χ4n) is 5.96. The summed E-state index contributed by atoms with van der Waals surface area (Å²) in [6.07, 6.45) is 8.89. The molecule has 5 heterocycles. The summed E-state index contributed by atoms with van der Waals surface area (Å²) in [6, 6.07) is 29.4. The maximum Gasteiger partial charge on any atom is 0.319 e. The molecule has 320 valence electrons. The van der Waals surface area contributed by atoms with Crippen LogP contribution in [0.25, 0.3) is 39.1 Å². The van der Waals surface area contributed by atoms with E-state index in [1.165, 1.54) is 36.2 Å². The number of anilines is 1. The van der Waals surface area contributed by atoms with Gasteiger partial charge in [-0.15, -0.1) is 0 Å². The van der Waals surface area contributed by atoms with E-state index in [1.807, 2.05) is 112 Å². The van der Waals surface area contributed by atoms with Crippen molar-refractivity contribution in [3.05, 3.63) is 128 Å². The van der Waals surface area contributed by atoms with E-state index in [4.69, 9.17) is 15.2 Å². The summed E-state index contributed by atoms with van der Waals surface area (Å²) >= 11 is 7.10. The van der Waals surface area contributed by atoms with Crippen molar-refractivity contribution in [3.63, 3.8) is 0 Å². The van der Waals surface area contributed by atoms with Crippen LogP contribution in [0.1, 0.15) is 51.9 Å². The molecule has 18 heteroatoms. The molecule has 8 aromatic rings. The Labute approximate surface area is 373 Å². The number of nitrogens with zero attached hydrogens (tertiary/aromatic N) is 10. The molecule has 0 aliphatic heterocycles. The average molecular weight is 890 g/mol. The Bertz CT molecular complexity index is 2680. The Morgan fingerprint density at radius 2 is 1.06 bits per heavy atom. The third-order valence-corrected chi connectivity index (χ3v) is 11.8. The highest BCUT2D eigenvalue weighted by Gasteiger charge is 2.23. The van der Waals surface area contributed by atoms with Gasteiger partial charge in [0, 0.05) is 10.8 Å². The predicted molar refractivity (Wildman–Crippen MR) is 247 cm³/mol. The largest absolute Gasteiger partial charge is 0.465 e. The Morgan fingerprint density at radius 3 is 1.50 bits per heavy atom. The molecule has 62 heavy (non-hydrogen) atoms. The van der Waals surface area contributed by atoms with Gasteiger partial charge >= 0.3 is 11.9 Å². The summed E-state index contributed by atoms with van der Waals surface area (Å²) in [5, 5.41) is 15.6. The number of nitrogen functional groups attached to an aromatic ring is 1. The highest BCUT2D eigenvalue weighted by Crippen LogP contribution is 2.32. The second-order valence-electron chi connectivity index (χ2n) is 13.3. The first kappa shape index (κ1) is 45.3. The lowest BCUT2D eigenvalue weighted by Gasteiger charge is -2.12. The number of esters is 2. The summed E-state index contributed by atoms with van der Waals surface area (Å²) in [7, 11) is 0. The van der Waals surface area contributed by atoms with E-state index in [-0.39, 0.29) is 27.7 Å². The molecule has 3 unspecified atom stereocenters. The molecule has 5 aromatic heterocycles. The smallest absolute Gasteiger partial charge is 0.319 e. The van der Waals surface area contributed by atoms with Gasteiger partial charge in [0.15, 0.2) is 11.3 Å². The first-order valence-electron chi connectivity index (χ1n) is 19.9. The predicted octanol–water partition coefficient (Wildman–Crippen LogP) is 8.55. The van der Waals surface area contributed by atoms with Crippen molar-refractivity contribution >= 4 is 76.0 Å². The first-order valence-corrected chi connectivity index (χ1v) is 22.1. The Hall–Kier alpha value is -6.24. The quantitative estimate of drug-likeness (QED) is 0.0486. The van der Waals surface area contributed by atoms with Gasteiger partial charge < -0.3 is 15.2 Å². The lowest BCUT2D eigenvalue weighted by molar-refractivity contribution is -0.143. The molecular weight excluding hydrogens is 843 g/mol. The second kappa shape index (κ2) is 22.0.